The van der Waals surface area contributed by atoms with Crippen molar-refractivity contribution in [2.45, 2.75) is 19.0 Å². The summed E-state index contributed by atoms with van der Waals surface area (Å²) < 4.78 is 15.7. The fraction of sp³-hybridized carbons (Fsp3) is 0.0588. The lowest BCUT2D eigenvalue weighted by Gasteiger charge is -2.24. The number of nitrogens with zero attached hydrogens (tertiary/aromatic N) is 3. The van der Waals surface area contributed by atoms with Gasteiger partial charge in [-0.05, 0) is 72.0 Å². The van der Waals surface area contributed by atoms with Crippen LogP contribution in [-0.2, 0) is 0 Å². The Morgan fingerprint density at radius 3 is 2.05 bits per heavy atom. The van der Waals surface area contributed by atoms with E-state index in [1.54, 1.807) is 0 Å². The maximum Gasteiger partial charge on any atom is 0.159 e. The van der Waals surface area contributed by atoms with Crippen LogP contribution in [-0.4, -0.2) is 16.2 Å². The van der Waals surface area contributed by atoms with Gasteiger partial charge in [0.15, 0.2) is 11.4 Å². The Kier molecular flexibility index (Phi) is 7.01. The number of benzene rings is 7. The molecule has 3 aromatic heterocycles. The van der Waals surface area contributed by atoms with Gasteiger partial charge in [0.1, 0.15) is 28.8 Å². The number of amidine groups is 2. The fourth-order valence-electron chi connectivity index (χ4n) is 8.91. The Labute approximate surface area is 327 Å². The van der Waals surface area contributed by atoms with Gasteiger partial charge in [-0.25, -0.2) is 9.98 Å². The number of fused-ring (bicyclic) bond motifs is 9. The molecule has 0 bridgehead atoms. The van der Waals surface area contributed by atoms with E-state index in [9.17, 15) is 0 Å². The fourth-order valence-corrected chi connectivity index (χ4v) is 8.91. The van der Waals surface area contributed by atoms with Gasteiger partial charge in [-0.2, -0.15) is 0 Å². The number of aliphatic imine (C=N–C) groups is 2. The van der Waals surface area contributed by atoms with E-state index in [0.29, 0.717) is 0 Å². The van der Waals surface area contributed by atoms with Gasteiger partial charge in [0.25, 0.3) is 0 Å². The molecule has 0 amide bonds. The third kappa shape index (κ3) is 4.97. The molecule has 0 saturated heterocycles. The maximum absolute atomic E-state index is 6.76. The van der Waals surface area contributed by atoms with Gasteiger partial charge >= 0.3 is 0 Å². The normalized spacial score (nSPS) is 15.8. The molecule has 0 spiro atoms. The molecule has 1 aliphatic heterocycles. The second kappa shape index (κ2) is 12.5. The first-order valence-electron chi connectivity index (χ1n) is 19.5. The lowest BCUT2D eigenvalue weighted by atomic mass is 9.95. The molecule has 0 saturated carbocycles. The number of furan rings is 2. The van der Waals surface area contributed by atoms with E-state index < -0.39 is 0 Å². The zero-order chi connectivity index (χ0) is 37.5. The van der Waals surface area contributed by atoms with Gasteiger partial charge in [-0.15, -0.1) is 0 Å². The predicted molar refractivity (Wildman–Crippen MR) is 234 cm³/mol. The van der Waals surface area contributed by atoms with Crippen LogP contribution in [0.3, 0.4) is 0 Å². The van der Waals surface area contributed by atoms with Gasteiger partial charge < -0.3 is 18.7 Å². The Bertz CT molecular complexity index is 3340. The van der Waals surface area contributed by atoms with Crippen molar-refractivity contribution in [3.05, 3.63) is 187 Å². The molecule has 1 aliphatic carbocycles. The zero-order valence-corrected chi connectivity index (χ0v) is 30.8. The SMILES string of the molecule is C1=CC(C2=NC(c3ccccc3)NC(c3cccc4oc5cccc(-c6ccc7oc8c(-n9c%10ccccc%10c%10ccccc%109)cccc8c7c6)c5c34)=N2)=CCC1. The molecular weight excluding hydrogens is 701 g/mol. The molecular formula is C51H34N4O2. The van der Waals surface area contributed by atoms with Crippen molar-refractivity contribution in [3.63, 3.8) is 0 Å². The van der Waals surface area contributed by atoms with E-state index in [2.05, 4.69) is 162 Å². The molecule has 270 valence electrons. The summed E-state index contributed by atoms with van der Waals surface area (Å²) in [6.07, 6.45) is 8.30. The second-order valence-corrected chi connectivity index (χ2v) is 14.8. The lowest BCUT2D eigenvalue weighted by Crippen LogP contribution is -2.33. The van der Waals surface area contributed by atoms with Gasteiger partial charge in [-0.3, -0.25) is 0 Å². The van der Waals surface area contributed by atoms with Crippen molar-refractivity contribution in [1.82, 2.24) is 9.88 Å². The van der Waals surface area contributed by atoms with Crippen molar-refractivity contribution in [3.8, 4) is 16.8 Å². The van der Waals surface area contributed by atoms with Crippen LogP contribution in [0, 0.1) is 0 Å². The van der Waals surface area contributed by atoms with Crippen molar-refractivity contribution < 1.29 is 8.83 Å². The molecule has 1 N–H and O–H groups in total. The van der Waals surface area contributed by atoms with Gasteiger partial charge in [0.05, 0.1) is 16.7 Å². The Hall–Kier alpha value is -7.44. The molecule has 57 heavy (non-hydrogen) atoms. The third-order valence-electron chi connectivity index (χ3n) is 11.5. The van der Waals surface area contributed by atoms with Crippen LogP contribution in [0.5, 0.6) is 0 Å². The molecule has 10 aromatic rings. The molecule has 2 aliphatic rings. The molecule has 1 atom stereocenters. The monoisotopic (exact) mass is 734 g/mol. The summed E-state index contributed by atoms with van der Waals surface area (Å²) in [5.41, 5.74) is 11.9. The third-order valence-corrected chi connectivity index (χ3v) is 11.5. The van der Waals surface area contributed by atoms with Gasteiger partial charge in [0.2, 0.25) is 0 Å². The first-order valence-corrected chi connectivity index (χ1v) is 19.5. The van der Waals surface area contributed by atoms with E-state index in [-0.39, 0.29) is 6.17 Å². The highest BCUT2D eigenvalue weighted by atomic mass is 16.3. The minimum atomic E-state index is -0.290. The highest BCUT2D eigenvalue weighted by molar-refractivity contribution is 6.24. The van der Waals surface area contributed by atoms with E-state index >= 15 is 0 Å². The number of allylic oxidation sites excluding steroid dienone is 2. The summed E-state index contributed by atoms with van der Waals surface area (Å²) in [6, 6.07) is 53.1. The van der Waals surface area contributed by atoms with Crippen LogP contribution in [0.1, 0.15) is 30.1 Å². The summed E-state index contributed by atoms with van der Waals surface area (Å²) in [5.74, 6) is 1.50. The van der Waals surface area contributed by atoms with E-state index in [4.69, 9.17) is 18.8 Å². The van der Waals surface area contributed by atoms with Crippen LogP contribution in [0.2, 0.25) is 0 Å². The van der Waals surface area contributed by atoms with Crippen molar-refractivity contribution in [2.24, 2.45) is 9.98 Å². The molecule has 6 heteroatoms. The van der Waals surface area contributed by atoms with Crippen molar-refractivity contribution in [2.75, 3.05) is 0 Å². The summed E-state index contributed by atoms with van der Waals surface area (Å²) in [7, 11) is 0. The van der Waals surface area contributed by atoms with Crippen LogP contribution >= 0.6 is 0 Å². The second-order valence-electron chi connectivity index (χ2n) is 14.8. The number of hydrogen-bond donors (Lipinski definition) is 1. The largest absolute Gasteiger partial charge is 0.456 e. The summed E-state index contributed by atoms with van der Waals surface area (Å²) >= 11 is 0. The first kappa shape index (κ1) is 31.9. The smallest absolute Gasteiger partial charge is 0.159 e. The summed E-state index contributed by atoms with van der Waals surface area (Å²) in [6.45, 7) is 0. The number of aromatic nitrogens is 1. The standard InChI is InChI=1S/C51H34N4O2/c1-3-14-31(15-4-1)49-52-50(32-16-5-2-6-17-32)54-51(53-49)38-22-13-27-45-47(38)46-34(20-12-26-44(46)56-45)33-28-29-43-39(30-33)37-21-11-25-42(48(37)57-43)55-40-23-9-7-18-35(40)36-19-8-10-24-41(36)55/h1,3-5,7-30,49H,2,6H2,(H,52,53,54). The van der Waals surface area contributed by atoms with Crippen LogP contribution in [0.4, 0.5) is 0 Å². The average Bonchev–Trinajstić information content (AvgIpc) is 3.96. The number of para-hydroxylation sites is 3. The number of nitrogens with one attached hydrogen (secondary N) is 1. The van der Waals surface area contributed by atoms with E-state index in [1.165, 1.54) is 10.8 Å². The van der Waals surface area contributed by atoms with Crippen LogP contribution < -0.4 is 5.32 Å². The first-order chi connectivity index (χ1) is 28.3. The molecule has 0 radical (unpaired) electrons. The Balaban J connectivity index is 1.04. The van der Waals surface area contributed by atoms with E-state index in [0.717, 1.165) is 113 Å². The average molecular weight is 735 g/mol. The van der Waals surface area contributed by atoms with Crippen LogP contribution in [0.15, 0.2) is 194 Å². The zero-order valence-electron chi connectivity index (χ0n) is 30.8. The Morgan fingerprint density at radius 2 is 1.28 bits per heavy atom. The molecule has 7 aromatic carbocycles. The molecule has 1 unspecified atom stereocenters. The van der Waals surface area contributed by atoms with E-state index in [1.807, 2.05) is 18.2 Å². The minimum Gasteiger partial charge on any atom is -0.456 e. The topological polar surface area (TPSA) is 68.0 Å². The van der Waals surface area contributed by atoms with Gasteiger partial charge in [-0.1, -0.05) is 127 Å². The van der Waals surface area contributed by atoms with Gasteiger partial charge in [0, 0.05) is 43.5 Å². The van der Waals surface area contributed by atoms with Crippen molar-refractivity contribution >= 4 is 77.4 Å². The minimum absolute atomic E-state index is 0.290. The molecule has 12 rings (SSSR count). The van der Waals surface area contributed by atoms with Crippen molar-refractivity contribution in [1.29, 1.82) is 0 Å². The summed E-state index contributed by atoms with van der Waals surface area (Å²) in [5, 5.41) is 10.3. The molecule has 6 nitrogen and oxygen atoms in total. The predicted octanol–water partition coefficient (Wildman–Crippen LogP) is 13.0. The Morgan fingerprint density at radius 1 is 0.579 bits per heavy atom. The lowest BCUT2D eigenvalue weighted by molar-refractivity contribution is 0.666. The highest BCUT2D eigenvalue weighted by Gasteiger charge is 2.26. The van der Waals surface area contributed by atoms with Crippen LogP contribution in [0.25, 0.3) is 82.5 Å². The quantitative estimate of drug-likeness (QED) is 0.191. The maximum atomic E-state index is 6.76. The summed E-state index contributed by atoms with van der Waals surface area (Å²) in [4.78, 5) is 10.3. The molecule has 4 heterocycles. The highest BCUT2D eigenvalue weighted by Crippen LogP contribution is 2.42. The molecule has 0 fully saturated rings. The number of rotatable bonds is 5. The number of hydrogen-bond acceptors (Lipinski definition) is 5.